The molecule has 0 bridgehead atoms. The summed E-state index contributed by atoms with van der Waals surface area (Å²) in [6, 6.07) is 9.36. The second-order valence-electron chi connectivity index (χ2n) is 5.04. The lowest BCUT2D eigenvalue weighted by atomic mass is 10.0. The van der Waals surface area contributed by atoms with Crippen LogP contribution in [0.25, 0.3) is 11.3 Å². The van der Waals surface area contributed by atoms with Crippen LogP contribution in [-0.2, 0) is 0 Å². The lowest BCUT2D eigenvalue weighted by Gasteiger charge is -2.16. The van der Waals surface area contributed by atoms with Gasteiger partial charge in [0.2, 0.25) is 0 Å². The van der Waals surface area contributed by atoms with Gasteiger partial charge in [0.1, 0.15) is 17.4 Å². The van der Waals surface area contributed by atoms with E-state index >= 15 is 0 Å². The van der Waals surface area contributed by atoms with Crippen molar-refractivity contribution in [3.8, 4) is 11.3 Å². The summed E-state index contributed by atoms with van der Waals surface area (Å²) >= 11 is 0. The molecule has 5 heteroatoms. The number of aromatic nitrogens is 1. The zero-order valence-electron chi connectivity index (χ0n) is 12.5. The summed E-state index contributed by atoms with van der Waals surface area (Å²) in [5.74, 6) is 0.0228. The highest BCUT2D eigenvalue weighted by atomic mass is 16.5. The lowest BCUT2D eigenvalue weighted by Crippen LogP contribution is -2.28. The van der Waals surface area contributed by atoms with E-state index < -0.39 is 6.10 Å². The number of amides is 1. The number of aliphatic hydroxyl groups excluding tert-OH is 1. The molecular formula is C16H20N2O3. The zero-order chi connectivity index (χ0) is 15.4. The van der Waals surface area contributed by atoms with Crippen LogP contribution in [0.15, 0.2) is 34.9 Å². The van der Waals surface area contributed by atoms with Crippen LogP contribution in [0, 0.1) is 0 Å². The highest BCUT2D eigenvalue weighted by Gasteiger charge is 2.28. The van der Waals surface area contributed by atoms with Gasteiger partial charge in [-0.3, -0.25) is 4.79 Å². The maximum Gasteiger partial charge on any atom is 0.259 e. The molecule has 0 spiro atoms. The van der Waals surface area contributed by atoms with Crippen molar-refractivity contribution in [3.63, 3.8) is 0 Å². The van der Waals surface area contributed by atoms with Crippen molar-refractivity contribution in [2.24, 2.45) is 0 Å². The Morgan fingerprint density at radius 2 is 2.05 bits per heavy atom. The Hall–Kier alpha value is -2.14. The fourth-order valence-corrected chi connectivity index (χ4v) is 2.22. The molecule has 1 N–H and O–H groups in total. The van der Waals surface area contributed by atoms with E-state index in [9.17, 15) is 9.90 Å². The summed E-state index contributed by atoms with van der Waals surface area (Å²) in [4.78, 5) is 14.2. The maximum absolute atomic E-state index is 12.6. The first-order chi connectivity index (χ1) is 10.1. The molecule has 1 heterocycles. The normalized spacial score (nSPS) is 12.2. The monoisotopic (exact) mass is 288 g/mol. The molecule has 0 saturated carbocycles. The quantitative estimate of drug-likeness (QED) is 0.918. The Morgan fingerprint density at radius 3 is 2.62 bits per heavy atom. The van der Waals surface area contributed by atoms with Crippen LogP contribution in [0.5, 0.6) is 0 Å². The minimum Gasteiger partial charge on any atom is -0.385 e. The van der Waals surface area contributed by atoms with Crippen LogP contribution >= 0.6 is 0 Å². The minimum atomic E-state index is -0.885. The van der Waals surface area contributed by atoms with Gasteiger partial charge in [0.05, 0.1) is 0 Å². The summed E-state index contributed by atoms with van der Waals surface area (Å²) in [5.41, 5.74) is 1.60. The predicted octanol–water partition coefficient (Wildman–Crippen LogP) is 2.88. The Labute approximate surface area is 124 Å². The summed E-state index contributed by atoms with van der Waals surface area (Å²) in [6.07, 6.45) is -0.0259. The molecule has 0 aliphatic rings. The molecule has 0 aliphatic heterocycles. The number of nitrogens with zero attached hydrogens (tertiary/aromatic N) is 2. The van der Waals surface area contributed by atoms with Crippen LogP contribution in [0.1, 0.15) is 42.5 Å². The smallest absolute Gasteiger partial charge is 0.259 e. The van der Waals surface area contributed by atoms with Gasteiger partial charge >= 0.3 is 0 Å². The number of aliphatic hydroxyl groups is 1. The molecule has 2 rings (SSSR count). The van der Waals surface area contributed by atoms with Crippen molar-refractivity contribution >= 4 is 5.91 Å². The predicted molar refractivity (Wildman–Crippen MR) is 79.8 cm³/mol. The fourth-order valence-electron chi connectivity index (χ4n) is 2.22. The maximum atomic E-state index is 12.6. The van der Waals surface area contributed by atoms with Gasteiger partial charge in [-0.05, 0) is 13.3 Å². The molecule has 0 aliphatic carbocycles. The van der Waals surface area contributed by atoms with Crippen LogP contribution in [-0.4, -0.2) is 34.7 Å². The van der Waals surface area contributed by atoms with Gasteiger partial charge in [-0.15, -0.1) is 0 Å². The van der Waals surface area contributed by atoms with Gasteiger partial charge < -0.3 is 14.5 Å². The average molecular weight is 288 g/mol. The minimum absolute atomic E-state index is 0.187. The van der Waals surface area contributed by atoms with Gasteiger partial charge in [-0.2, -0.15) is 0 Å². The van der Waals surface area contributed by atoms with E-state index in [2.05, 4.69) is 5.16 Å². The first kappa shape index (κ1) is 15.3. The highest BCUT2D eigenvalue weighted by Crippen LogP contribution is 2.29. The van der Waals surface area contributed by atoms with Crippen molar-refractivity contribution in [2.75, 3.05) is 13.6 Å². The van der Waals surface area contributed by atoms with E-state index in [4.69, 9.17) is 4.52 Å². The molecular weight excluding hydrogens is 268 g/mol. The Balaban J connectivity index is 2.51. The van der Waals surface area contributed by atoms with Crippen molar-refractivity contribution in [2.45, 2.75) is 26.4 Å². The van der Waals surface area contributed by atoms with E-state index in [0.29, 0.717) is 17.8 Å². The van der Waals surface area contributed by atoms with Crippen LogP contribution in [0.2, 0.25) is 0 Å². The first-order valence-corrected chi connectivity index (χ1v) is 7.04. The second kappa shape index (κ2) is 6.54. The molecule has 21 heavy (non-hydrogen) atoms. The third-order valence-electron chi connectivity index (χ3n) is 3.26. The Bertz CT molecular complexity index is 605. The Morgan fingerprint density at radius 1 is 1.38 bits per heavy atom. The fraction of sp³-hybridized carbons (Fsp3) is 0.375. The SMILES string of the molecule is CCCN(C)C(=O)c1c(-c2ccccc2)noc1[C@H](C)O. The van der Waals surface area contributed by atoms with E-state index in [0.717, 1.165) is 12.0 Å². The zero-order valence-corrected chi connectivity index (χ0v) is 12.5. The molecule has 1 atom stereocenters. The van der Waals surface area contributed by atoms with Crippen molar-refractivity contribution < 1.29 is 14.4 Å². The summed E-state index contributed by atoms with van der Waals surface area (Å²) in [5, 5.41) is 13.8. The van der Waals surface area contributed by atoms with Gasteiger partial charge in [-0.1, -0.05) is 42.4 Å². The molecule has 1 amide bonds. The Kier molecular flexibility index (Phi) is 4.75. The standard InChI is InChI=1S/C16H20N2O3/c1-4-10-18(3)16(20)13-14(12-8-6-5-7-9-12)17-21-15(13)11(2)19/h5-9,11,19H,4,10H2,1-3H3/t11-/m0/s1. The molecule has 5 nitrogen and oxygen atoms in total. The molecule has 0 saturated heterocycles. The van der Waals surface area contributed by atoms with Crippen LogP contribution in [0.4, 0.5) is 0 Å². The second-order valence-corrected chi connectivity index (χ2v) is 5.04. The largest absolute Gasteiger partial charge is 0.385 e. The number of rotatable bonds is 5. The summed E-state index contributed by atoms with van der Waals surface area (Å²) in [7, 11) is 1.74. The third kappa shape index (κ3) is 3.13. The molecule has 1 aromatic carbocycles. The number of hydrogen-bond donors (Lipinski definition) is 1. The number of benzene rings is 1. The molecule has 0 radical (unpaired) electrons. The van der Waals surface area contributed by atoms with Gasteiger partial charge in [0.25, 0.3) is 5.91 Å². The van der Waals surface area contributed by atoms with Crippen LogP contribution in [0.3, 0.4) is 0 Å². The summed E-state index contributed by atoms with van der Waals surface area (Å²) in [6.45, 7) is 4.20. The lowest BCUT2D eigenvalue weighted by molar-refractivity contribution is 0.0783. The van der Waals surface area contributed by atoms with Crippen LogP contribution < -0.4 is 0 Å². The van der Waals surface area contributed by atoms with Gasteiger partial charge in [-0.25, -0.2) is 0 Å². The van der Waals surface area contributed by atoms with E-state index in [1.807, 2.05) is 37.3 Å². The van der Waals surface area contributed by atoms with Crippen molar-refractivity contribution in [1.29, 1.82) is 0 Å². The molecule has 0 fully saturated rings. The van der Waals surface area contributed by atoms with Gasteiger partial charge in [0, 0.05) is 19.2 Å². The van der Waals surface area contributed by atoms with E-state index in [1.165, 1.54) is 0 Å². The average Bonchev–Trinajstić information content (AvgIpc) is 2.92. The topological polar surface area (TPSA) is 66.6 Å². The first-order valence-electron chi connectivity index (χ1n) is 7.04. The number of carbonyl (C=O) groups is 1. The molecule has 0 unspecified atom stereocenters. The van der Waals surface area contributed by atoms with Crippen molar-refractivity contribution in [1.82, 2.24) is 10.1 Å². The summed E-state index contributed by atoms with van der Waals surface area (Å²) < 4.78 is 5.21. The third-order valence-corrected chi connectivity index (χ3v) is 3.26. The molecule has 2 aromatic rings. The number of carbonyl (C=O) groups excluding carboxylic acids is 1. The molecule has 112 valence electrons. The van der Waals surface area contributed by atoms with Crippen molar-refractivity contribution in [3.05, 3.63) is 41.7 Å². The van der Waals surface area contributed by atoms with Gasteiger partial charge in [0.15, 0.2) is 5.76 Å². The highest BCUT2D eigenvalue weighted by molar-refractivity contribution is 6.00. The number of hydrogen-bond acceptors (Lipinski definition) is 4. The molecule has 1 aromatic heterocycles. The van der Waals surface area contributed by atoms with E-state index in [1.54, 1.807) is 18.9 Å². The van der Waals surface area contributed by atoms with E-state index in [-0.39, 0.29) is 11.7 Å².